The fourth-order valence-electron chi connectivity index (χ4n) is 3.69. The van der Waals surface area contributed by atoms with Crippen molar-refractivity contribution in [1.82, 2.24) is 14.5 Å². The van der Waals surface area contributed by atoms with Gasteiger partial charge in [0, 0.05) is 49.7 Å². The van der Waals surface area contributed by atoms with Crippen LogP contribution in [0.4, 0.5) is 0 Å². The van der Waals surface area contributed by atoms with Gasteiger partial charge >= 0.3 is 0 Å². The molecule has 2 heterocycles. The SMILES string of the molecule is N#Cc1ccc(CN2CCN(C(=O)c3cccc(S(=O)(=O)NCc4cccs4)c3)CC2)cc1. The lowest BCUT2D eigenvalue weighted by atomic mass is 10.1. The number of rotatable bonds is 7. The second kappa shape index (κ2) is 10.3. The molecule has 1 amide bonds. The third-order valence-electron chi connectivity index (χ3n) is 5.56. The minimum atomic E-state index is -3.71. The van der Waals surface area contributed by atoms with Crippen molar-refractivity contribution in [2.24, 2.45) is 0 Å². The van der Waals surface area contributed by atoms with Crippen LogP contribution in [0.1, 0.15) is 26.4 Å². The summed E-state index contributed by atoms with van der Waals surface area (Å²) in [4.78, 5) is 18.1. The highest BCUT2D eigenvalue weighted by atomic mass is 32.2. The van der Waals surface area contributed by atoms with E-state index in [1.54, 1.807) is 17.0 Å². The smallest absolute Gasteiger partial charge is 0.253 e. The van der Waals surface area contributed by atoms with Gasteiger partial charge in [0.25, 0.3) is 5.91 Å². The van der Waals surface area contributed by atoms with Gasteiger partial charge in [0.1, 0.15) is 0 Å². The highest BCUT2D eigenvalue weighted by Crippen LogP contribution is 2.17. The van der Waals surface area contributed by atoms with Crippen LogP contribution in [-0.2, 0) is 23.1 Å². The normalized spacial score (nSPS) is 14.7. The van der Waals surface area contributed by atoms with Crippen LogP contribution >= 0.6 is 11.3 Å². The van der Waals surface area contributed by atoms with Gasteiger partial charge in [-0.1, -0.05) is 24.3 Å². The highest BCUT2D eigenvalue weighted by molar-refractivity contribution is 7.89. The molecule has 1 saturated heterocycles. The Morgan fingerprint density at radius 2 is 1.79 bits per heavy atom. The zero-order chi connectivity index (χ0) is 23.3. The number of hydrogen-bond acceptors (Lipinski definition) is 6. The maximum atomic E-state index is 13.0. The second-order valence-corrected chi connectivity index (χ2v) is 10.6. The molecule has 4 rings (SSSR count). The predicted octanol–water partition coefficient (Wildman–Crippen LogP) is 3.06. The Morgan fingerprint density at radius 1 is 1.03 bits per heavy atom. The summed E-state index contributed by atoms with van der Waals surface area (Å²) in [5, 5.41) is 10.8. The van der Waals surface area contributed by atoms with Gasteiger partial charge in [0.2, 0.25) is 10.0 Å². The molecule has 0 aliphatic carbocycles. The van der Waals surface area contributed by atoms with Crippen LogP contribution in [0.3, 0.4) is 0 Å². The van der Waals surface area contributed by atoms with Gasteiger partial charge in [-0.2, -0.15) is 5.26 Å². The summed E-state index contributed by atoms with van der Waals surface area (Å²) in [5.74, 6) is -0.164. The van der Waals surface area contributed by atoms with E-state index < -0.39 is 10.0 Å². The van der Waals surface area contributed by atoms with Crippen molar-refractivity contribution < 1.29 is 13.2 Å². The van der Waals surface area contributed by atoms with E-state index in [1.165, 1.54) is 23.5 Å². The van der Waals surface area contributed by atoms with Crippen LogP contribution in [0.2, 0.25) is 0 Å². The van der Waals surface area contributed by atoms with E-state index >= 15 is 0 Å². The lowest BCUT2D eigenvalue weighted by Gasteiger charge is -2.34. The molecule has 0 spiro atoms. The Morgan fingerprint density at radius 3 is 2.45 bits per heavy atom. The first-order chi connectivity index (χ1) is 15.9. The van der Waals surface area contributed by atoms with Crippen molar-refractivity contribution in [3.8, 4) is 6.07 Å². The Labute approximate surface area is 197 Å². The summed E-state index contributed by atoms with van der Waals surface area (Å²) in [7, 11) is -3.71. The fourth-order valence-corrected chi connectivity index (χ4v) is 5.48. The zero-order valence-electron chi connectivity index (χ0n) is 18.0. The van der Waals surface area contributed by atoms with Crippen LogP contribution < -0.4 is 4.72 Å². The molecule has 170 valence electrons. The summed E-state index contributed by atoms with van der Waals surface area (Å²) >= 11 is 1.48. The summed E-state index contributed by atoms with van der Waals surface area (Å²) in [5.41, 5.74) is 2.14. The molecule has 3 aromatic rings. The summed E-state index contributed by atoms with van der Waals surface area (Å²) in [6.07, 6.45) is 0. The monoisotopic (exact) mass is 480 g/mol. The number of hydrogen-bond donors (Lipinski definition) is 1. The molecule has 1 N–H and O–H groups in total. The molecule has 0 saturated carbocycles. The maximum absolute atomic E-state index is 13.0. The van der Waals surface area contributed by atoms with Crippen LogP contribution in [0.15, 0.2) is 70.9 Å². The molecule has 33 heavy (non-hydrogen) atoms. The number of benzene rings is 2. The van der Waals surface area contributed by atoms with E-state index in [4.69, 9.17) is 5.26 Å². The molecule has 9 heteroatoms. The van der Waals surface area contributed by atoms with Gasteiger partial charge in [-0.3, -0.25) is 9.69 Å². The molecule has 1 fully saturated rings. The van der Waals surface area contributed by atoms with Crippen LogP contribution in [0, 0.1) is 11.3 Å². The first kappa shape index (κ1) is 23.1. The molecule has 0 atom stereocenters. The highest BCUT2D eigenvalue weighted by Gasteiger charge is 2.23. The minimum Gasteiger partial charge on any atom is -0.336 e. The number of nitriles is 1. The van der Waals surface area contributed by atoms with E-state index in [9.17, 15) is 13.2 Å². The van der Waals surface area contributed by atoms with E-state index in [-0.39, 0.29) is 17.3 Å². The van der Waals surface area contributed by atoms with Gasteiger partial charge in [-0.15, -0.1) is 11.3 Å². The van der Waals surface area contributed by atoms with E-state index in [2.05, 4.69) is 15.7 Å². The predicted molar refractivity (Wildman–Crippen MR) is 127 cm³/mol. The molecule has 2 aromatic carbocycles. The maximum Gasteiger partial charge on any atom is 0.253 e. The van der Waals surface area contributed by atoms with Crippen molar-refractivity contribution in [2.75, 3.05) is 26.2 Å². The summed E-state index contributed by atoms with van der Waals surface area (Å²) in [6, 6.07) is 19.6. The van der Waals surface area contributed by atoms with E-state index in [0.717, 1.165) is 30.1 Å². The Kier molecular flexibility index (Phi) is 7.20. The van der Waals surface area contributed by atoms with Crippen molar-refractivity contribution >= 4 is 27.3 Å². The topological polar surface area (TPSA) is 93.5 Å². The van der Waals surface area contributed by atoms with E-state index in [1.807, 2.05) is 41.8 Å². The van der Waals surface area contributed by atoms with Gasteiger partial charge < -0.3 is 4.90 Å². The quantitative estimate of drug-likeness (QED) is 0.561. The third kappa shape index (κ3) is 5.86. The number of nitrogens with one attached hydrogen (secondary N) is 1. The van der Waals surface area contributed by atoms with E-state index in [0.29, 0.717) is 24.2 Å². The first-order valence-corrected chi connectivity index (χ1v) is 12.9. The van der Waals surface area contributed by atoms with Crippen LogP contribution in [-0.4, -0.2) is 50.3 Å². The second-order valence-electron chi connectivity index (χ2n) is 7.81. The van der Waals surface area contributed by atoms with Crippen molar-refractivity contribution in [3.05, 3.63) is 87.6 Å². The first-order valence-electron chi connectivity index (χ1n) is 10.6. The molecule has 1 aliphatic heterocycles. The lowest BCUT2D eigenvalue weighted by Crippen LogP contribution is -2.48. The number of carbonyl (C=O) groups is 1. The van der Waals surface area contributed by atoms with Gasteiger partial charge in [-0.25, -0.2) is 13.1 Å². The lowest BCUT2D eigenvalue weighted by molar-refractivity contribution is 0.0628. The van der Waals surface area contributed by atoms with Gasteiger partial charge in [-0.05, 0) is 47.3 Å². The Hall–Kier alpha value is -3.03. The molecule has 1 aromatic heterocycles. The summed E-state index contributed by atoms with van der Waals surface area (Å²) in [6.45, 7) is 3.58. The minimum absolute atomic E-state index is 0.0874. The van der Waals surface area contributed by atoms with Crippen LogP contribution in [0.5, 0.6) is 0 Å². The molecule has 0 radical (unpaired) electrons. The molecule has 0 unspecified atom stereocenters. The number of piperazine rings is 1. The number of carbonyl (C=O) groups excluding carboxylic acids is 1. The fraction of sp³-hybridized carbons (Fsp3) is 0.250. The summed E-state index contributed by atoms with van der Waals surface area (Å²) < 4.78 is 28.0. The molecular weight excluding hydrogens is 456 g/mol. The van der Waals surface area contributed by atoms with Crippen molar-refractivity contribution in [2.45, 2.75) is 18.0 Å². The van der Waals surface area contributed by atoms with Crippen molar-refractivity contribution in [3.63, 3.8) is 0 Å². The Balaban J connectivity index is 1.35. The Bertz CT molecular complexity index is 1240. The zero-order valence-corrected chi connectivity index (χ0v) is 19.6. The van der Waals surface area contributed by atoms with Gasteiger partial charge in [0.15, 0.2) is 0 Å². The average molecular weight is 481 g/mol. The van der Waals surface area contributed by atoms with Gasteiger partial charge in [0.05, 0.1) is 16.5 Å². The molecule has 1 aliphatic rings. The average Bonchev–Trinajstić information content (AvgIpc) is 3.37. The molecular formula is C24H24N4O3S2. The number of sulfonamides is 1. The number of thiophene rings is 1. The molecule has 7 nitrogen and oxygen atoms in total. The standard InChI is InChI=1S/C24H24N4O3S2/c25-16-19-6-8-20(9-7-19)18-27-10-12-28(13-11-27)24(29)21-3-1-5-23(15-21)33(30,31)26-17-22-4-2-14-32-22/h1-9,14-15,26H,10-13,17-18H2. The number of amides is 1. The third-order valence-corrected chi connectivity index (χ3v) is 7.83. The van der Waals surface area contributed by atoms with Crippen LogP contribution in [0.25, 0.3) is 0 Å². The number of nitrogens with zero attached hydrogens (tertiary/aromatic N) is 3. The molecule has 0 bridgehead atoms. The van der Waals surface area contributed by atoms with Crippen molar-refractivity contribution in [1.29, 1.82) is 5.26 Å². The largest absolute Gasteiger partial charge is 0.336 e.